The first-order valence-electron chi connectivity index (χ1n) is 10.3. The molecule has 0 saturated heterocycles. The number of aliphatic hydroxyl groups is 1. The highest BCUT2D eigenvalue weighted by Gasteiger charge is 2.46. The number of hydrogen-bond donors (Lipinski definition) is 2. The van der Waals surface area contributed by atoms with Crippen molar-refractivity contribution in [2.45, 2.75) is 50.6 Å². The summed E-state index contributed by atoms with van der Waals surface area (Å²) in [5.74, 6) is -1.28. The molecule has 1 aliphatic heterocycles. The van der Waals surface area contributed by atoms with E-state index in [0.29, 0.717) is 12.0 Å². The molecule has 0 bridgehead atoms. The fourth-order valence-electron chi connectivity index (χ4n) is 4.52. The molecule has 0 radical (unpaired) electrons. The number of aliphatic hydroxyl groups excluding tert-OH is 1. The maximum Gasteiger partial charge on any atom is 0.290 e. The molecule has 0 spiro atoms. The molecule has 1 aliphatic carbocycles. The lowest BCUT2D eigenvalue weighted by Crippen LogP contribution is -2.38. The zero-order valence-corrected chi connectivity index (χ0v) is 17.3. The van der Waals surface area contributed by atoms with Crippen LogP contribution in [0.5, 0.6) is 5.75 Å². The van der Waals surface area contributed by atoms with Crippen molar-refractivity contribution < 1.29 is 19.8 Å². The van der Waals surface area contributed by atoms with E-state index in [1.165, 1.54) is 6.07 Å². The Balaban J connectivity index is 1.68. The smallest absolute Gasteiger partial charge is 0.290 e. The molecule has 2 aliphatic rings. The van der Waals surface area contributed by atoms with Crippen molar-refractivity contribution >= 4 is 23.3 Å². The summed E-state index contributed by atoms with van der Waals surface area (Å²) in [7, 11) is 0. The minimum absolute atomic E-state index is 0.0309. The number of carbonyl (C=O) groups excluding carboxylic acids is 2. The molecular weight excluding hydrogens is 402 g/mol. The summed E-state index contributed by atoms with van der Waals surface area (Å²) < 4.78 is 0. The van der Waals surface area contributed by atoms with Gasteiger partial charge in [-0.3, -0.25) is 9.59 Å². The zero-order chi connectivity index (χ0) is 21.3. The van der Waals surface area contributed by atoms with E-state index >= 15 is 0 Å². The molecule has 2 N–H and O–H groups in total. The van der Waals surface area contributed by atoms with Crippen LogP contribution in [0, 0.1) is 0 Å². The second-order valence-electron chi connectivity index (χ2n) is 7.94. The number of aryl methyl sites for hydroxylation is 1. The molecule has 1 heterocycles. The van der Waals surface area contributed by atoms with Crippen LogP contribution in [-0.2, 0) is 16.0 Å². The first kappa shape index (κ1) is 20.5. The number of benzene rings is 2. The van der Waals surface area contributed by atoms with Crippen LogP contribution in [0.2, 0.25) is 5.02 Å². The van der Waals surface area contributed by atoms with E-state index in [-0.39, 0.29) is 34.6 Å². The SMILES string of the molecule is O=C(CCc1ccccc1)C1=C(O)C(=O)N(C2CCCC2)C1c1ccc(O)c(Cl)c1. The first-order chi connectivity index (χ1) is 14.5. The normalized spacial score (nSPS) is 19.7. The van der Waals surface area contributed by atoms with Gasteiger partial charge in [0.2, 0.25) is 0 Å². The highest BCUT2D eigenvalue weighted by molar-refractivity contribution is 6.32. The van der Waals surface area contributed by atoms with E-state index < -0.39 is 17.7 Å². The van der Waals surface area contributed by atoms with Gasteiger partial charge < -0.3 is 15.1 Å². The van der Waals surface area contributed by atoms with Crippen LogP contribution in [0.1, 0.15) is 49.3 Å². The van der Waals surface area contributed by atoms with Gasteiger partial charge in [0.1, 0.15) is 5.75 Å². The monoisotopic (exact) mass is 425 g/mol. The van der Waals surface area contributed by atoms with Crippen LogP contribution in [-0.4, -0.2) is 32.8 Å². The molecule has 0 aromatic heterocycles. The van der Waals surface area contributed by atoms with E-state index in [9.17, 15) is 19.8 Å². The topological polar surface area (TPSA) is 77.8 Å². The van der Waals surface area contributed by atoms with Gasteiger partial charge in [0.15, 0.2) is 11.5 Å². The molecular formula is C24H24ClNO4. The van der Waals surface area contributed by atoms with Crippen LogP contribution in [0.25, 0.3) is 0 Å². The van der Waals surface area contributed by atoms with Crippen molar-refractivity contribution in [3.05, 3.63) is 76.0 Å². The van der Waals surface area contributed by atoms with Gasteiger partial charge in [0.25, 0.3) is 5.91 Å². The molecule has 6 heteroatoms. The summed E-state index contributed by atoms with van der Waals surface area (Å²) in [6, 6.07) is 13.6. The van der Waals surface area contributed by atoms with Gasteiger partial charge in [-0.2, -0.15) is 0 Å². The Labute approximate surface area is 180 Å². The Morgan fingerprint density at radius 1 is 1.07 bits per heavy atom. The second kappa shape index (κ2) is 8.52. The Bertz CT molecular complexity index is 996. The van der Waals surface area contributed by atoms with Gasteiger partial charge in [-0.25, -0.2) is 0 Å². The van der Waals surface area contributed by atoms with Crippen LogP contribution in [0.3, 0.4) is 0 Å². The minimum atomic E-state index is -0.693. The maximum absolute atomic E-state index is 13.2. The van der Waals surface area contributed by atoms with Crippen molar-refractivity contribution in [1.29, 1.82) is 0 Å². The summed E-state index contributed by atoms with van der Waals surface area (Å²) in [4.78, 5) is 27.8. The summed E-state index contributed by atoms with van der Waals surface area (Å²) in [6.07, 6.45) is 4.42. The maximum atomic E-state index is 13.2. The number of aromatic hydroxyl groups is 1. The van der Waals surface area contributed by atoms with Crippen molar-refractivity contribution in [2.75, 3.05) is 0 Å². The molecule has 1 fully saturated rings. The van der Waals surface area contributed by atoms with Crippen molar-refractivity contribution in [3.8, 4) is 5.75 Å². The lowest BCUT2D eigenvalue weighted by atomic mass is 9.92. The van der Waals surface area contributed by atoms with Gasteiger partial charge in [-0.05, 0) is 42.5 Å². The molecule has 5 nitrogen and oxygen atoms in total. The number of rotatable bonds is 6. The van der Waals surface area contributed by atoms with Crippen LogP contribution < -0.4 is 0 Å². The third-order valence-electron chi connectivity index (χ3n) is 6.03. The molecule has 30 heavy (non-hydrogen) atoms. The van der Waals surface area contributed by atoms with Crippen LogP contribution in [0.15, 0.2) is 59.9 Å². The molecule has 1 atom stereocenters. The predicted octanol–water partition coefficient (Wildman–Crippen LogP) is 4.89. The highest BCUT2D eigenvalue weighted by Crippen LogP contribution is 2.44. The number of Topliss-reactive ketones (excluding diaryl/α,β-unsaturated/α-hetero) is 1. The average Bonchev–Trinajstić information content (AvgIpc) is 3.36. The Kier molecular flexibility index (Phi) is 5.82. The lowest BCUT2D eigenvalue weighted by molar-refractivity contribution is -0.131. The summed E-state index contributed by atoms with van der Waals surface area (Å²) in [5.41, 5.74) is 1.77. The summed E-state index contributed by atoms with van der Waals surface area (Å²) in [6.45, 7) is 0. The zero-order valence-electron chi connectivity index (χ0n) is 16.6. The Morgan fingerprint density at radius 2 is 1.77 bits per heavy atom. The number of carbonyl (C=O) groups is 2. The second-order valence-corrected chi connectivity index (χ2v) is 8.34. The predicted molar refractivity (Wildman–Crippen MR) is 114 cm³/mol. The molecule has 2 aromatic rings. The highest BCUT2D eigenvalue weighted by atomic mass is 35.5. The van der Waals surface area contributed by atoms with E-state index in [1.54, 1.807) is 17.0 Å². The third-order valence-corrected chi connectivity index (χ3v) is 6.34. The first-order valence-corrected chi connectivity index (χ1v) is 10.7. The fraction of sp³-hybridized carbons (Fsp3) is 0.333. The van der Waals surface area contributed by atoms with Gasteiger partial charge in [-0.15, -0.1) is 0 Å². The van der Waals surface area contributed by atoms with Gasteiger partial charge in [0, 0.05) is 12.5 Å². The average molecular weight is 426 g/mol. The number of amides is 1. The van der Waals surface area contributed by atoms with Crippen molar-refractivity contribution in [2.24, 2.45) is 0 Å². The van der Waals surface area contributed by atoms with E-state index in [2.05, 4.69) is 0 Å². The summed E-state index contributed by atoms with van der Waals surface area (Å²) in [5, 5.41) is 20.7. The molecule has 4 rings (SSSR count). The Hall–Kier alpha value is -2.79. The van der Waals surface area contributed by atoms with Crippen molar-refractivity contribution in [3.63, 3.8) is 0 Å². The summed E-state index contributed by atoms with van der Waals surface area (Å²) >= 11 is 6.12. The number of nitrogens with zero attached hydrogens (tertiary/aromatic N) is 1. The fourth-order valence-corrected chi connectivity index (χ4v) is 4.71. The van der Waals surface area contributed by atoms with E-state index in [4.69, 9.17) is 11.6 Å². The third kappa shape index (κ3) is 3.82. The van der Waals surface area contributed by atoms with E-state index in [0.717, 1.165) is 31.2 Å². The minimum Gasteiger partial charge on any atom is -0.506 e. The lowest BCUT2D eigenvalue weighted by Gasteiger charge is -2.32. The van der Waals surface area contributed by atoms with Gasteiger partial charge in [-0.1, -0.05) is 60.8 Å². The molecule has 1 saturated carbocycles. The number of ketones is 1. The van der Waals surface area contributed by atoms with Gasteiger partial charge in [0.05, 0.1) is 16.6 Å². The quantitative estimate of drug-likeness (QED) is 0.691. The van der Waals surface area contributed by atoms with Gasteiger partial charge >= 0.3 is 0 Å². The van der Waals surface area contributed by atoms with Crippen LogP contribution in [0.4, 0.5) is 0 Å². The number of phenolic OH excluding ortho intramolecular Hbond substituents is 1. The molecule has 156 valence electrons. The van der Waals surface area contributed by atoms with E-state index in [1.807, 2.05) is 30.3 Å². The molecule has 1 unspecified atom stereocenters. The molecule has 2 aromatic carbocycles. The Morgan fingerprint density at radius 3 is 2.43 bits per heavy atom. The number of hydrogen-bond acceptors (Lipinski definition) is 4. The van der Waals surface area contributed by atoms with Crippen LogP contribution >= 0.6 is 11.6 Å². The molecule has 1 amide bonds. The number of phenols is 1. The van der Waals surface area contributed by atoms with Crippen molar-refractivity contribution in [1.82, 2.24) is 4.90 Å². The standard InChI is InChI=1S/C24H24ClNO4/c25-18-14-16(11-13-19(18)27)22-21(20(28)12-10-15-6-2-1-3-7-15)23(29)24(30)26(22)17-8-4-5-9-17/h1-3,6-7,11,13-14,17,22,27,29H,4-5,8-10,12H2. The number of halogens is 1. The largest absolute Gasteiger partial charge is 0.506 e.